The Bertz CT molecular complexity index is 758. The molecule has 0 radical (unpaired) electrons. The molecule has 1 heterocycles. The van der Waals surface area contributed by atoms with Gasteiger partial charge in [-0.25, -0.2) is 0 Å². The minimum Gasteiger partial charge on any atom is -0.507 e. The number of fused-ring (bicyclic) bond motifs is 1. The van der Waals surface area contributed by atoms with Crippen molar-refractivity contribution < 1.29 is 9.90 Å². The predicted octanol–water partition coefficient (Wildman–Crippen LogP) is 3.88. The summed E-state index contributed by atoms with van der Waals surface area (Å²) in [6.07, 6.45) is 1.89. The second kappa shape index (κ2) is 5.02. The Morgan fingerprint density at radius 2 is 1.95 bits per heavy atom. The number of rotatable bonds is 2. The van der Waals surface area contributed by atoms with Crippen molar-refractivity contribution in [2.75, 3.05) is 5.32 Å². The molecule has 1 aliphatic carbocycles. The number of anilines is 1. The first kappa shape index (κ1) is 13.6. The van der Waals surface area contributed by atoms with Crippen molar-refractivity contribution in [1.82, 2.24) is 4.90 Å². The standard InChI is InChI=1S/C17H15BrN2O2/c18-13-9-10(5-8-15(13)21)16-19-14-4-2-1-3-12(14)17(22)20(16)11-6-7-11/h1-5,8-9,11,16,19,21H,6-7H2. The second-order valence-corrected chi connectivity index (χ2v) is 6.60. The molecule has 1 unspecified atom stereocenters. The molecule has 2 aromatic carbocycles. The van der Waals surface area contributed by atoms with E-state index in [2.05, 4.69) is 21.2 Å². The molecule has 2 aliphatic rings. The number of para-hydroxylation sites is 1. The van der Waals surface area contributed by atoms with Crippen molar-refractivity contribution in [3.8, 4) is 5.75 Å². The van der Waals surface area contributed by atoms with Gasteiger partial charge in [0, 0.05) is 11.7 Å². The maximum absolute atomic E-state index is 12.9. The topological polar surface area (TPSA) is 52.6 Å². The fourth-order valence-electron chi connectivity index (χ4n) is 2.94. The van der Waals surface area contributed by atoms with E-state index in [1.54, 1.807) is 6.07 Å². The average Bonchev–Trinajstić information content (AvgIpc) is 3.34. The minimum absolute atomic E-state index is 0.0750. The average molecular weight is 359 g/mol. The van der Waals surface area contributed by atoms with Crippen molar-refractivity contribution in [3.05, 3.63) is 58.1 Å². The number of nitrogens with zero attached hydrogens (tertiary/aromatic N) is 1. The van der Waals surface area contributed by atoms with E-state index in [0.717, 1.165) is 29.7 Å². The number of benzene rings is 2. The van der Waals surface area contributed by atoms with Gasteiger partial charge in [-0.05, 0) is 58.6 Å². The van der Waals surface area contributed by atoms with Crippen molar-refractivity contribution >= 4 is 27.5 Å². The lowest BCUT2D eigenvalue weighted by atomic mass is 10.0. The maximum atomic E-state index is 12.9. The van der Waals surface area contributed by atoms with Crippen LogP contribution in [0.3, 0.4) is 0 Å². The van der Waals surface area contributed by atoms with E-state index in [1.807, 2.05) is 41.3 Å². The van der Waals surface area contributed by atoms with Crippen LogP contribution in [0.4, 0.5) is 5.69 Å². The molecule has 112 valence electrons. The molecule has 0 spiro atoms. The Morgan fingerprint density at radius 3 is 2.68 bits per heavy atom. The molecule has 1 saturated carbocycles. The van der Waals surface area contributed by atoms with Crippen LogP contribution in [0.25, 0.3) is 0 Å². The van der Waals surface area contributed by atoms with Crippen LogP contribution in [-0.4, -0.2) is 22.0 Å². The zero-order valence-corrected chi connectivity index (χ0v) is 13.4. The van der Waals surface area contributed by atoms with Gasteiger partial charge in [0.25, 0.3) is 5.91 Å². The van der Waals surface area contributed by atoms with Crippen molar-refractivity contribution in [2.45, 2.75) is 25.0 Å². The number of hydrogen-bond acceptors (Lipinski definition) is 3. The molecule has 1 fully saturated rings. The minimum atomic E-state index is -0.202. The molecule has 0 saturated heterocycles. The van der Waals surface area contributed by atoms with Gasteiger partial charge in [0.1, 0.15) is 11.9 Å². The Hall–Kier alpha value is -2.01. The van der Waals surface area contributed by atoms with E-state index in [0.29, 0.717) is 10.5 Å². The normalized spacial score (nSPS) is 20.5. The highest BCUT2D eigenvalue weighted by atomic mass is 79.9. The lowest BCUT2D eigenvalue weighted by molar-refractivity contribution is 0.0666. The predicted molar refractivity (Wildman–Crippen MR) is 87.8 cm³/mol. The first-order valence-corrected chi connectivity index (χ1v) is 8.11. The van der Waals surface area contributed by atoms with Gasteiger partial charge < -0.3 is 15.3 Å². The van der Waals surface area contributed by atoms with Crippen LogP contribution in [0.15, 0.2) is 46.9 Å². The van der Waals surface area contributed by atoms with Gasteiger partial charge in [-0.3, -0.25) is 4.79 Å². The summed E-state index contributed by atoms with van der Waals surface area (Å²) < 4.78 is 0.633. The highest BCUT2D eigenvalue weighted by Gasteiger charge is 2.42. The number of carbonyl (C=O) groups excluding carboxylic acids is 1. The number of amides is 1. The summed E-state index contributed by atoms with van der Waals surface area (Å²) in [6, 6.07) is 13.3. The van der Waals surface area contributed by atoms with Gasteiger partial charge in [-0.15, -0.1) is 0 Å². The summed E-state index contributed by atoms with van der Waals surface area (Å²) >= 11 is 3.35. The summed E-state index contributed by atoms with van der Waals surface area (Å²) in [7, 11) is 0. The van der Waals surface area contributed by atoms with E-state index in [1.165, 1.54) is 0 Å². The number of phenolic OH excluding ortho intramolecular Hbond substituents is 1. The second-order valence-electron chi connectivity index (χ2n) is 5.75. The first-order valence-electron chi connectivity index (χ1n) is 7.32. The molecule has 1 atom stereocenters. The van der Waals surface area contributed by atoms with E-state index >= 15 is 0 Å². The molecule has 4 nitrogen and oxygen atoms in total. The van der Waals surface area contributed by atoms with Gasteiger partial charge in [0.15, 0.2) is 0 Å². The fourth-order valence-corrected chi connectivity index (χ4v) is 3.33. The maximum Gasteiger partial charge on any atom is 0.258 e. The Kier molecular flexibility index (Phi) is 3.11. The number of aromatic hydroxyl groups is 1. The summed E-state index contributed by atoms with van der Waals surface area (Å²) in [6.45, 7) is 0. The molecule has 1 aliphatic heterocycles. The Balaban J connectivity index is 1.80. The van der Waals surface area contributed by atoms with Gasteiger partial charge >= 0.3 is 0 Å². The molecule has 4 rings (SSSR count). The van der Waals surface area contributed by atoms with Crippen LogP contribution in [0, 0.1) is 0 Å². The zero-order chi connectivity index (χ0) is 15.3. The molecule has 2 N–H and O–H groups in total. The van der Waals surface area contributed by atoms with Crippen LogP contribution in [-0.2, 0) is 0 Å². The van der Waals surface area contributed by atoms with Crippen molar-refractivity contribution in [2.24, 2.45) is 0 Å². The lowest BCUT2D eigenvalue weighted by Gasteiger charge is -2.38. The van der Waals surface area contributed by atoms with Crippen LogP contribution < -0.4 is 5.32 Å². The van der Waals surface area contributed by atoms with Gasteiger partial charge in [0.2, 0.25) is 0 Å². The van der Waals surface area contributed by atoms with Gasteiger partial charge in [0.05, 0.1) is 10.0 Å². The smallest absolute Gasteiger partial charge is 0.258 e. The van der Waals surface area contributed by atoms with E-state index in [-0.39, 0.29) is 17.8 Å². The van der Waals surface area contributed by atoms with Crippen LogP contribution in [0.2, 0.25) is 0 Å². The molecule has 0 bridgehead atoms. The van der Waals surface area contributed by atoms with Crippen molar-refractivity contribution in [1.29, 1.82) is 0 Å². The molecule has 2 aromatic rings. The summed E-state index contributed by atoms with van der Waals surface area (Å²) in [5.74, 6) is 0.273. The van der Waals surface area contributed by atoms with Crippen LogP contribution >= 0.6 is 15.9 Å². The summed E-state index contributed by atoms with van der Waals surface area (Å²) in [5.41, 5.74) is 2.54. The molecule has 1 amide bonds. The lowest BCUT2D eigenvalue weighted by Crippen LogP contribution is -2.44. The third-order valence-electron chi connectivity index (χ3n) is 4.19. The Labute approximate surface area is 136 Å². The SMILES string of the molecule is O=C1c2ccccc2NC(c2ccc(O)c(Br)c2)N1C1CC1. The van der Waals surface area contributed by atoms with E-state index < -0.39 is 0 Å². The quantitative estimate of drug-likeness (QED) is 0.856. The van der Waals surface area contributed by atoms with Gasteiger partial charge in [-0.2, -0.15) is 0 Å². The number of hydrogen-bond donors (Lipinski definition) is 2. The van der Waals surface area contributed by atoms with E-state index in [4.69, 9.17) is 0 Å². The van der Waals surface area contributed by atoms with Crippen LogP contribution in [0.1, 0.15) is 34.9 Å². The molecule has 22 heavy (non-hydrogen) atoms. The Morgan fingerprint density at radius 1 is 1.18 bits per heavy atom. The number of halogens is 1. The monoisotopic (exact) mass is 358 g/mol. The number of carbonyl (C=O) groups is 1. The highest BCUT2D eigenvalue weighted by Crippen LogP contribution is 2.41. The van der Waals surface area contributed by atoms with Crippen LogP contribution in [0.5, 0.6) is 5.75 Å². The number of nitrogens with one attached hydrogen (secondary N) is 1. The molecule has 0 aromatic heterocycles. The zero-order valence-electron chi connectivity index (χ0n) is 11.8. The third kappa shape index (κ3) is 2.16. The van der Waals surface area contributed by atoms with Gasteiger partial charge in [-0.1, -0.05) is 18.2 Å². The van der Waals surface area contributed by atoms with Crippen molar-refractivity contribution in [3.63, 3.8) is 0 Å². The molecular formula is C17H15BrN2O2. The number of phenols is 1. The fraction of sp³-hybridized carbons (Fsp3) is 0.235. The molecule has 5 heteroatoms. The molecular weight excluding hydrogens is 344 g/mol. The summed E-state index contributed by atoms with van der Waals surface area (Å²) in [4.78, 5) is 14.8. The first-order chi connectivity index (χ1) is 10.6. The largest absolute Gasteiger partial charge is 0.507 e. The highest BCUT2D eigenvalue weighted by molar-refractivity contribution is 9.10. The third-order valence-corrected chi connectivity index (χ3v) is 4.83. The summed E-state index contributed by atoms with van der Waals surface area (Å²) in [5, 5.41) is 13.2. The van der Waals surface area contributed by atoms with E-state index in [9.17, 15) is 9.90 Å².